The fourth-order valence-corrected chi connectivity index (χ4v) is 5.64. The Bertz CT molecular complexity index is 1070. The Morgan fingerprint density at radius 1 is 1.06 bits per heavy atom. The smallest absolute Gasteiger partial charge is 0.336 e. The molecule has 2 aromatic rings. The molecule has 2 unspecified atom stereocenters. The number of sulfonamides is 1. The second-order valence-corrected chi connectivity index (χ2v) is 10.8. The van der Waals surface area contributed by atoms with Gasteiger partial charge in [-0.25, -0.2) is 18.2 Å². The lowest BCUT2D eigenvalue weighted by molar-refractivity contribution is 0.166. The van der Waals surface area contributed by atoms with E-state index >= 15 is 0 Å². The van der Waals surface area contributed by atoms with E-state index in [4.69, 9.17) is 4.74 Å². The SMILES string of the molecule is CCCCS(=O)(=O)NN1CC(c2ccc(C3CC3)cc2)N(C(C)c2ccc(OC)cc2)C1=O. The number of carbonyl (C=O) groups is 1. The van der Waals surface area contributed by atoms with E-state index in [1.165, 1.54) is 23.4 Å². The molecule has 1 N–H and O–H groups in total. The van der Waals surface area contributed by atoms with Crippen molar-refractivity contribution in [1.29, 1.82) is 0 Å². The van der Waals surface area contributed by atoms with Crippen LogP contribution in [0, 0.1) is 0 Å². The minimum absolute atomic E-state index is 0.00205. The number of benzene rings is 2. The third-order valence-corrected chi connectivity index (χ3v) is 7.87. The number of rotatable bonds is 10. The summed E-state index contributed by atoms with van der Waals surface area (Å²) in [4.78, 5) is 17.8. The van der Waals surface area contributed by atoms with Gasteiger partial charge in [-0.15, -0.1) is 4.83 Å². The van der Waals surface area contributed by atoms with Crippen LogP contribution in [0.1, 0.15) is 74.2 Å². The molecule has 178 valence electrons. The number of hydrogen-bond donors (Lipinski definition) is 1. The van der Waals surface area contributed by atoms with Crippen molar-refractivity contribution in [2.45, 2.75) is 57.5 Å². The first-order valence-corrected chi connectivity index (χ1v) is 13.3. The monoisotopic (exact) mass is 471 g/mol. The maximum atomic E-state index is 13.5. The third kappa shape index (κ3) is 5.33. The zero-order valence-corrected chi connectivity index (χ0v) is 20.3. The van der Waals surface area contributed by atoms with Crippen molar-refractivity contribution in [3.05, 3.63) is 65.2 Å². The average Bonchev–Trinajstić information content (AvgIpc) is 3.62. The van der Waals surface area contributed by atoms with E-state index < -0.39 is 10.0 Å². The molecule has 1 heterocycles. The summed E-state index contributed by atoms with van der Waals surface area (Å²) < 4.78 is 30.3. The van der Waals surface area contributed by atoms with Gasteiger partial charge in [-0.05, 0) is 60.9 Å². The zero-order chi connectivity index (χ0) is 23.6. The standard InChI is InChI=1S/C25H33N3O4S/c1-4-5-16-33(30,31)26-27-17-24(22-10-8-21(9-11-22)20-6-7-20)28(25(27)29)18(2)19-12-14-23(32-3)15-13-19/h8-15,18,20,24,26H,4-7,16-17H2,1-3H3. The minimum atomic E-state index is -3.59. The Kier molecular flexibility index (Phi) is 6.95. The van der Waals surface area contributed by atoms with Gasteiger partial charge in [-0.1, -0.05) is 49.7 Å². The molecule has 2 aliphatic rings. The van der Waals surface area contributed by atoms with E-state index in [1.54, 1.807) is 12.0 Å². The van der Waals surface area contributed by atoms with Crippen molar-refractivity contribution in [3.8, 4) is 5.75 Å². The van der Waals surface area contributed by atoms with Crippen LogP contribution in [0.15, 0.2) is 48.5 Å². The summed E-state index contributed by atoms with van der Waals surface area (Å²) in [5.74, 6) is 1.40. The van der Waals surface area contributed by atoms with Crippen LogP contribution in [-0.2, 0) is 10.0 Å². The summed E-state index contributed by atoms with van der Waals surface area (Å²) in [5.41, 5.74) is 3.29. The molecular formula is C25H33N3O4S. The second-order valence-electron chi connectivity index (χ2n) is 8.97. The van der Waals surface area contributed by atoms with Gasteiger partial charge < -0.3 is 9.64 Å². The highest BCUT2D eigenvalue weighted by molar-refractivity contribution is 7.89. The number of carbonyl (C=O) groups excluding carboxylic acids is 1. The molecule has 2 atom stereocenters. The van der Waals surface area contributed by atoms with Crippen LogP contribution in [-0.4, -0.2) is 43.8 Å². The summed E-state index contributed by atoms with van der Waals surface area (Å²) in [6.07, 6.45) is 3.78. The van der Waals surface area contributed by atoms with E-state index in [2.05, 4.69) is 29.1 Å². The normalized spacial score (nSPS) is 19.7. The molecule has 4 rings (SSSR count). The number of hydrogen-bond acceptors (Lipinski definition) is 4. The molecule has 2 aromatic carbocycles. The zero-order valence-electron chi connectivity index (χ0n) is 19.5. The quantitative estimate of drug-likeness (QED) is 0.543. The summed E-state index contributed by atoms with van der Waals surface area (Å²) in [5, 5.41) is 1.25. The minimum Gasteiger partial charge on any atom is -0.497 e. The predicted octanol–water partition coefficient (Wildman–Crippen LogP) is 4.75. The molecule has 33 heavy (non-hydrogen) atoms. The maximum absolute atomic E-state index is 13.5. The number of nitrogens with zero attached hydrogens (tertiary/aromatic N) is 2. The molecule has 0 radical (unpaired) electrons. The first-order valence-electron chi connectivity index (χ1n) is 11.7. The fraction of sp³-hybridized carbons (Fsp3) is 0.480. The number of ether oxygens (including phenoxy) is 1. The molecule has 2 amide bonds. The van der Waals surface area contributed by atoms with Crippen LogP contribution in [0.4, 0.5) is 4.79 Å². The van der Waals surface area contributed by atoms with Gasteiger partial charge >= 0.3 is 6.03 Å². The Morgan fingerprint density at radius 2 is 1.70 bits per heavy atom. The molecule has 2 fully saturated rings. The predicted molar refractivity (Wildman–Crippen MR) is 128 cm³/mol. The van der Waals surface area contributed by atoms with Crippen LogP contribution in [0.3, 0.4) is 0 Å². The summed E-state index contributed by atoms with van der Waals surface area (Å²) in [6.45, 7) is 4.17. The summed E-state index contributed by atoms with van der Waals surface area (Å²) in [6, 6.07) is 15.2. The van der Waals surface area contributed by atoms with Crippen LogP contribution in [0.25, 0.3) is 0 Å². The molecule has 1 aliphatic heterocycles. The number of methoxy groups -OCH3 is 1. The number of hydrazine groups is 1. The van der Waals surface area contributed by atoms with Crippen LogP contribution >= 0.6 is 0 Å². The van der Waals surface area contributed by atoms with Gasteiger partial charge in [0.05, 0.1) is 31.5 Å². The molecule has 1 saturated carbocycles. The highest BCUT2D eigenvalue weighted by atomic mass is 32.2. The van der Waals surface area contributed by atoms with Crippen LogP contribution < -0.4 is 9.57 Å². The Balaban J connectivity index is 1.62. The lowest BCUT2D eigenvalue weighted by Gasteiger charge is -2.30. The molecule has 1 saturated heterocycles. The Morgan fingerprint density at radius 3 is 2.27 bits per heavy atom. The lowest BCUT2D eigenvalue weighted by Crippen LogP contribution is -2.45. The maximum Gasteiger partial charge on any atom is 0.336 e. The van der Waals surface area contributed by atoms with E-state index in [9.17, 15) is 13.2 Å². The molecule has 0 aromatic heterocycles. The van der Waals surface area contributed by atoms with Crippen molar-refractivity contribution < 1.29 is 17.9 Å². The van der Waals surface area contributed by atoms with Gasteiger partial charge in [0, 0.05) is 0 Å². The Labute approximate surface area is 196 Å². The number of urea groups is 1. The first-order chi connectivity index (χ1) is 15.8. The molecular weight excluding hydrogens is 438 g/mol. The van der Waals surface area contributed by atoms with Crippen molar-refractivity contribution in [1.82, 2.24) is 14.7 Å². The van der Waals surface area contributed by atoms with Gasteiger partial charge in [0.2, 0.25) is 10.0 Å². The van der Waals surface area contributed by atoms with E-state index in [1.807, 2.05) is 38.1 Å². The second kappa shape index (κ2) is 9.73. The largest absolute Gasteiger partial charge is 0.497 e. The van der Waals surface area contributed by atoms with Gasteiger partial charge in [0.15, 0.2) is 0 Å². The van der Waals surface area contributed by atoms with Gasteiger partial charge in [-0.3, -0.25) is 0 Å². The summed E-state index contributed by atoms with van der Waals surface area (Å²) in [7, 11) is -1.97. The van der Waals surface area contributed by atoms with Crippen molar-refractivity contribution in [3.63, 3.8) is 0 Å². The fourth-order valence-electron chi connectivity index (χ4n) is 4.39. The van der Waals surface area contributed by atoms with Crippen molar-refractivity contribution >= 4 is 16.1 Å². The highest BCUT2D eigenvalue weighted by Gasteiger charge is 2.42. The Hall–Kier alpha value is -2.58. The number of unbranched alkanes of at least 4 members (excludes halogenated alkanes) is 1. The molecule has 8 heteroatoms. The summed E-state index contributed by atoms with van der Waals surface area (Å²) >= 11 is 0. The van der Waals surface area contributed by atoms with E-state index in [0.29, 0.717) is 12.3 Å². The lowest BCUT2D eigenvalue weighted by atomic mass is 9.99. The number of amides is 2. The van der Waals surface area contributed by atoms with E-state index in [0.717, 1.165) is 23.3 Å². The van der Waals surface area contributed by atoms with Gasteiger partial charge in [0.25, 0.3) is 0 Å². The number of nitrogens with one attached hydrogen (secondary N) is 1. The average molecular weight is 472 g/mol. The van der Waals surface area contributed by atoms with E-state index in [-0.39, 0.29) is 30.4 Å². The first kappa shape index (κ1) is 23.6. The highest BCUT2D eigenvalue weighted by Crippen LogP contribution is 2.41. The van der Waals surface area contributed by atoms with Crippen LogP contribution in [0.5, 0.6) is 5.75 Å². The molecule has 0 bridgehead atoms. The van der Waals surface area contributed by atoms with Crippen LogP contribution in [0.2, 0.25) is 0 Å². The topological polar surface area (TPSA) is 79.0 Å². The van der Waals surface area contributed by atoms with Crippen molar-refractivity contribution in [2.24, 2.45) is 0 Å². The van der Waals surface area contributed by atoms with Gasteiger partial charge in [0.1, 0.15) is 5.75 Å². The third-order valence-electron chi connectivity index (χ3n) is 6.54. The molecule has 7 nitrogen and oxygen atoms in total. The molecule has 1 aliphatic carbocycles. The molecule has 0 spiro atoms. The van der Waals surface area contributed by atoms with Gasteiger partial charge in [-0.2, -0.15) is 0 Å². The van der Waals surface area contributed by atoms with Crippen molar-refractivity contribution in [2.75, 3.05) is 19.4 Å².